The zero-order valence-corrected chi connectivity index (χ0v) is 11.9. The highest BCUT2D eigenvalue weighted by Crippen LogP contribution is 2.39. The van der Waals surface area contributed by atoms with E-state index in [1.807, 2.05) is 29.2 Å². The summed E-state index contributed by atoms with van der Waals surface area (Å²) in [6, 6.07) is 7.86. The maximum Gasteiger partial charge on any atom is 0.229 e. The second-order valence-electron chi connectivity index (χ2n) is 6.11. The van der Waals surface area contributed by atoms with Crippen LogP contribution in [0.4, 0.5) is 5.69 Å². The van der Waals surface area contributed by atoms with Gasteiger partial charge in [-0.3, -0.25) is 4.79 Å². The molecule has 108 valence electrons. The van der Waals surface area contributed by atoms with Crippen LogP contribution in [0.5, 0.6) is 0 Å². The van der Waals surface area contributed by atoms with Crippen LogP contribution in [0, 0.1) is 5.41 Å². The maximum absolute atomic E-state index is 12.9. The first-order chi connectivity index (χ1) is 9.70. The molecule has 20 heavy (non-hydrogen) atoms. The summed E-state index contributed by atoms with van der Waals surface area (Å²) in [5.41, 5.74) is 7.63. The first-order valence-electron chi connectivity index (χ1n) is 7.54. The van der Waals surface area contributed by atoms with Crippen molar-refractivity contribution in [3.63, 3.8) is 0 Å². The first kappa shape index (κ1) is 13.4. The Bertz CT molecular complexity index is 489. The van der Waals surface area contributed by atoms with Crippen molar-refractivity contribution in [2.45, 2.75) is 32.2 Å². The smallest absolute Gasteiger partial charge is 0.229 e. The molecule has 0 aliphatic carbocycles. The van der Waals surface area contributed by atoms with E-state index in [0.717, 1.165) is 56.6 Å². The lowest BCUT2D eigenvalue weighted by Gasteiger charge is -2.44. The molecule has 3 N–H and O–H groups in total. The number of rotatable bonds is 2. The number of benzene rings is 1. The number of amides is 1. The molecule has 2 saturated heterocycles. The zero-order valence-electron chi connectivity index (χ0n) is 11.9. The number of carbonyl (C=O) groups is 1. The van der Waals surface area contributed by atoms with Crippen LogP contribution in [0.15, 0.2) is 24.3 Å². The monoisotopic (exact) mass is 273 g/mol. The molecule has 1 aromatic rings. The van der Waals surface area contributed by atoms with Crippen LogP contribution in [0.3, 0.4) is 0 Å². The van der Waals surface area contributed by atoms with Gasteiger partial charge in [0, 0.05) is 18.8 Å². The predicted octanol–water partition coefficient (Wildman–Crippen LogP) is 1.76. The second-order valence-corrected chi connectivity index (χ2v) is 6.11. The number of nitrogens with one attached hydrogen (secondary N) is 1. The van der Waals surface area contributed by atoms with Gasteiger partial charge in [0.15, 0.2) is 0 Å². The molecule has 1 spiro atoms. The van der Waals surface area contributed by atoms with Gasteiger partial charge in [-0.15, -0.1) is 0 Å². The fraction of sp³-hybridized carbons (Fsp3) is 0.562. The molecule has 0 atom stereocenters. The van der Waals surface area contributed by atoms with E-state index in [1.54, 1.807) is 0 Å². The molecule has 2 aliphatic heterocycles. The van der Waals surface area contributed by atoms with E-state index in [1.165, 1.54) is 0 Å². The van der Waals surface area contributed by atoms with Crippen molar-refractivity contribution in [2.24, 2.45) is 5.41 Å². The number of likely N-dealkylation sites (tertiary alicyclic amines) is 1. The molecular formula is C16H23N3O. The normalized spacial score (nSPS) is 22.2. The van der Waals surface area contributed by atoms with E-state index in [2.05, 4.69) is 5.32 Å². The molecule has 2 heterocycles. The number of nitrogen functional groups attached to an aromatic ring is 1. The molecule has 0 bridgehead atoms. The fourth-order valence-corrected chi connectivity index (χ4v) is 3.58. The van der Waals surface area contributed by atoms with Gasteiger partial charge < -0.3 is 16.0 Å². The van der Waals surface area contributed by atoms with Crippen LogP contribution in [-0.4, -0.2) is 30.4 Å². The van der Waals surface area contributed by atoms with Gasteiger partial charge in [-0.25, -0.2) is 0 Å². The summed E-state index contributed by atoms with van der Waals surface area (Å²) in [5.74, 6) is 0.354. The standard InChI is InChI=1S/C16H23N3O/c17-14-4-1-3-13(11-14)12-19-10-2-5-16(15(19)20)6-8-18-9-7-16/h1,3-4,11,18H,2,5-10,12,17H2. The van der Waals surface area contributed by atoms with Crippen molar-refractivity contribution in [3.8, 4) is 0 Å². The number of carbonyl (C=O) groups excluding carboxylic acids is 1. The van der Waals surface area contributed by atoms with Gasteiger partial charge in [0.25, 0.3) is 0 Å². The average Bonchev–Trinajstić information content (AvgIpc) is 2.45. The molecule has 4 heteroatoms. The quantitative estimate of drug-likeness (QED) is 0.807. The van der Waals surface area contributed by atoms with Crippen LogP contribution in [0.25, 0.3) is 0 Å². The highest BCUT2D eigenvalue weighted by atomic mass is 16.2. The lowest BCUT2D eigenvalue weighted by molar-refractivity contribution is -0.149. The topological polar surface area (TPSA) is 58.4 Å². The Morgan fingerprint density at radius 2 is 2.05 bits per heavy atom. The van der Waals surface area contributed by atoms with Gasteiger partial charge in [0.05, 0.1) is 5.41 Å². The number of hydrogen-bond donors (Lipinski definition) is 2. The number of nitrogens with zero attached hydrogens (tertiary/aromatic N) is 1. The minimum atomic E-state index is -0.0934. The highest BCUT2D eigenvalue weighted by Gasteiger charge is 2.44. The average molecular weight is 273 g/mol. The van der Waals surface area contributed by atoms with Gasteiger partial charge in [-0.1, -0.05) is 12.1 Å². The summed E-state index contributed by atoms with van der Waals surface area (Å²) < 4.78 is 0. The summed E-state index contributed by atoms with van der Waals surface area (Å²) >= 11 is 0. The van der Waals surface area contributed by atoms with Crippen LogP contribution in [-0.2, 0) is 11.3 Å². The molecule has 2 fully saturated rings. The third kappa shape index (κ3) is 2.52. The second kappa shape index (κ2) is 5.44. The van der Waals surface area contributed by atoms with E-state index in [0.29, 0.717) is 12.5 Å². The van der Waals surface area contributed by atoms with Crippen molar-refractivity contribution < 1.29 is 4.79 Å². The van der Waals surface area contributed by atoms with Gasteiger partial charge in [-0.05, 0) is 56.5 Å². The molecule has 1 amide bonds. The van der Waals surface area contributed by atoms with Crippen LogP contribution >= 0.6 is 0 Å². The maximum atomic E-state index is 12.9. The lowest BCUT2D eigenvalue weighted by Crippen LogP contribution is -2.52. The van der Waals surface area contributed by atoms with Crippen LogP contribution in [0.1, 0.15) is 31.2 Å². The van der Waals surface area contributed by atoms with Crippen molar-refractivity contribution >= 4 is 11.6 Å². The molecule has 4 nitrogen and oxygen atoms in total. The minimum Gasteiger partial charge on any atom is -0.399 e. The van der Waals surface area contributed by atoms with Crippen molar-refractivity contribution in [1.82, 2.24) is 10.2 Å². The van der Waals surface area contributed by atoms with Crippen molar-refractivity contribution in [3.05, 3.63) is 29.8 Å². The van der Waals surface area contributed by atoms with E-state index in [-0.39, 0.29) is 5.41 Å². The molecule has 2 aliphatic rings. The SMILES string of the molecule is Nc1cccc(CN2CCCC3(CCNCC3)C2=O)c1. The number of nitrogens with two attached hydrogens (primary N) is 1. The van der Waals surface area contributed by atoms with Gasteiger partial charge >= 0.3 is 0 Å². The van der Waals surface area contributed by atoms with Gasteiger partial charge in [-0.2, -0.15) is 0 Å². The Hall–Kier alpha value is -1.55. The molecule has 0 saturated carbocycles. The Morgan fingerprint density at radius 3 is 2.80 bits per heavy atom. The summed E-state index contributed by atoms with van der Waals surface area (Å²) in [7, 11) is 0. The largest absolute Gasteiger partial charge is 0.399 e. The van der Waals surface area contributed by atoms with Crippen molar-refractivity contribution in [2.75, 3.05) is 25.4 Å². The van der Waals surface area contributed by atoms with Gasteiger partial charge in [0.1, 0.15) is 0 Å². The van der Waals surface area contributed by atoms with Crippen LogP contribution in [0.2, 0.25) is 0 Å². The summed E-state index contributed by atoms with van der Waals surface area (Å²) in [6.45, 7) is 3.51. The predicted molar refractivity (Wildman–Crippen MR) is 80.0 cm³/mol. The summed E-state index contributed by atoms with van der Waals surface area (Å²) in [4.78, 5) is 14.9. The number of piperidine rings is 2. The summed E-state index contributed by atoms with van der Waals surface area (Å²) in [5, 5.41) is 3.36. The third-order valence-corrected chi connectivity index (χ3v) is 4.71. The Labute approximate surface area is 120 Å². The summed E-state index contributed by atoms with van der Waals surface area (Å²) in [6.07, 6.45) is 4.15. The first-order valence-corrected chi connectivity index (χ1v) is 7.54. The highest BCUT2D eigenvalue weighted by molar-refractivity contribution is 5.83. The van der Waals surface area contributed by atoms with E-state index < -0.39 is 0 Å². The van der Waals surface area contributed by atoms with Crippen LogP contribution < -0.4 is 11.1 Å². The molecule has 1 aromatic carbocycles. The third-order valence-electron chi connectivity index (χ3n) is 4.71. The number of anilines is 1. The van der Waals surface area contributed by atoms with E-state index >= 15 is 0 Å². The lowest BCUT2D eigenvalue weighted by atomic mass is 9.72. The number of hydrogen-bond acceptors (Lipinski definition) is 3. The fourth-order valence-electron chi connectivity index (χ4n) is 3.58. The molecule has 0 unspecified atom stereocenters. The Balaban J connectivity index is 1.75. The Kier molecular flexibility index (Phi) is 3.66. The van der Waals surface area contributed by atoms with Crippen molar-refractivity contribution in [1.29, 1.82) is 0 Å². The molecule has 0 radical (unpaired) electrons. The zero-order chi connectivity index (χ0) is 14.0. The minimum absolute atomic E-state index is 0.0934. The van der Waals surface area contributed by atoms with E-state index in [9.17, 15) is 4.79 Å². The molecular weight excluding hydrogens is 250 g/mol. The Morgan fingerprint density at radius 1 is 1.25 bits per heavy atom. The molecule has 0 aromatic heterocycles. The molecule has 3 rings (SSSR count). The van der Waals surface area contributed by atoms with Gasteiger partial charge in [0.2, 0.25) is 5.91 Å². The van der Waals surface area contributed by atoms with E-state index in [4.69, 9.17) is 5.73 Å².